The first-order valence-corrected chi connectivity index (χ1v) is 5.39. The van der Waals surface area contributed by atoms with E-state index < -0.39 is 0 Å². The van der Waals surface area contributed by atoms with Crippen LogP contribution in [-0.4, -0.2) is 19.6 Å². The lowest BCUT2D eigenvalue weighted by atomic mass is 10.2. The van der Waals surface area contributed by atoms with Crippen molar-refractivity contribution >= 4 is 11.6 Å². The average molecular weight is 221 g/mol. The van der Waals surface area contributed by atoms with Gasteiger partial charge in [-0.1, -0.05) is 6.92 Å². The molecule has 0 bridgehead atoms. The van der Waals surface area contributed by atoms with Crippen molar-refractivity contribution in [2.24, 2.45) is 10.7 Å². The maximum atomic E-state index is 5.72. The van der Waals surface area contributed by atoms with Crippen molar-refractivity contribution < 1.29 is 4.74 Å². The minimum Gasteiger partial charge on any atom is -0.496 e. The summed E-state index contributed by atoms with van der Waals surface area (Å²) in [6, 6.07) is 5.80. The predicted octanol–water partition coefficient (Wildman–Crippen LogP) is 2.14. The van der Waals surface area contributed by atoms with Crippen LogP contribution in [0, 0.1) is 6.92 Å². The summed E-state index contributed by atoms with van der Waals surface area (Å²) >= 11 is 0. The Morgan fingerprint density at radius 2 is 2.25 bits per heavy atom. The van der Waals surface area contributed by atoms with Crippen LogP contribution in [-0.2, 0) is 0 Å². The first-order valence-electron chi connectivity index (χ1n) is 5.39. The number of hydrogen-bond acceptors (Lipinski definition) is 2. The van der Waals surface area contributed by atoms with E-state index >= 15 is 0 Å². The molecule has 0 saturated carbocycles. The lowest BCUT2D eigenvalue weighted by Gasteiger charge is -2.09. The number of aryl methyl sites for hydroxylation is 1. The smallest absolute Gasteiger partial charge is 0.193 e. The van der Waals surface area contributed by atoms with Crippen LogP contribution in [0.15, 0.2) is 23.2 Å². The number of guanidine groups is 1. The minimum absolute atomic E-state index is 0.450. The predicted molar refractivity (Wildman–Crippen MR) is 68.1 cm³/mol. The summed E-state index contributed by atoms with van der Waals surface area (Å²) in [7, 11) is 1.66. The second-order valence-corrected chi connectivity index (χ2v) is 3.58. The van der Waals surface area contributed by atoms with Gasteiger partial charge in [0.2, 0.25) is 0 Å². The van der Waals surface area contributed by atoms with Gasteiger partial charge < -0.3 is 15.8 Å². The van der Waals surface area contributed by atoms with Gasteiger partial charge >= 0.3 is 0 Å². The normalized spacial score (nSPS) is 11.3. The fourth-order valence-corrected chi connectivity index (χ4v) is 1.38. The zero-order chi connectivity index (χ0) is 12.0. The molecule has 4 nitrogen and oxygen atoms in total. The van der Waals surface area contributed by atoms with E-state index in [2.05, 4.69) is 17.2 Å². The van der Waals surface area contributed by atoms with E-state index in [1.54, 1.807) is 7.11 Å². The molecule has 0 saturated heterocycles. The molecule has 16 heavy (non-hydrogen) atoms. The van der Waals surface area contributed by atoms with Crippen molar-refractivity contribution in [2.45, 2.75) is 20.3 Å². The van der Waals surface area contributed by atoms with Crippen molar-refractivity contribution in [3.63, 3.8) is 0 Å². The number of aliphatic imine (C=N–C) groups is 1. The van der Waals surface area contributed by atoms with Crippen LogP contribution < -0.4 is 15.8 Å². The monoisotopic (exact) mass is 221 g/mol. The Morgan fingerprint density at radius 1 is 1.50 bits per heavy atom. The summed E-state index contributed by atoms with van der Waals surface area (Å²) in [6.45, 7) is 4.80. The second kappa shape index (κ2) is 6.00. The summed E-state index contributed by atoms with van der Waals surface area (Å²) < 4.78 is 5.18. The molecule has 0 unspecified atom stereocenters. The van der Waals surface area contributed by atoms with Gasteiger partial charge in [-0.3, -0.25) is 4.99 Å². The van der Waals surface area contributed by atoms with Gasteiger partial charge in [0.1, 0.15) is 5.75 Å². The van der Waals surface area contributed by atoms with E-state index in [1.165, 1.54) is 0 Å². The quantitative estimate of drug-likeness (QED) is 0.605. The second-order valence-electron chi connectivity index (χ2n) is 3.58. The molecule has 0 heterocycles. The van der Waals surface area contributed by atoms with Gasteiger partial charge in [-0.15, -0.1) is 0 Å². The highest BCUT2D eigenvalue weighted by atomic mass is 16.5. The van der Waals surface area contributed by atoms with E-state index in [0.717, 1.165) is 30.0 Å². The topological polar surface area (TPSA) is 59.6 Å². The number of anilines is 1. The van der Waals surface area contributed by atoms with Crippen molar-refractivity contribution in [1.29, 1.82) is 0 Å². The van der Waals surface area contributed by atoms with Crippen LogP contribution in [0.1, 0.15) is 18.9 Å². The largest absolute Gasteiger partial charge is 0.496 e. The number of hydrogen-bond donors (Lipinski definition) is 2. The Kier molecular flexibility index (Phi) is 4.64. The minimum atomic E-state index is 0.450. The van der Waals surface area contributed by atoms with E-state index in [4.69, 9.17) is 10.5 Å². The highest BCUT2D eigenvalue weighted by Gasteiger charge is 2.00. The molecule has 0 aliphatic heterocycles. The summed E-state index contributed by atoms with van der Waals surface area (Å²) in [6.07, 6.45) is 0.990. The molecule has 0 fully saturated rings. The Bertz CT molecular complexity index is 375. The zero-order valence-corrected chi connectivity index (χ0v) is 10.1. The van der Waals surface area contributed by atoms with Crippen molar-refractivity contribution in [3.8, 4) is 5.75 Å². The van der Waals surface area contributed by atoms with Crippen LogP contribution in [0.3, 0.4) is 0 Å². The molecule has 0 spiro atoms. The van der Waals surface area contributed by atoms with Gasteiger partial charge in [-0.25, -0.2) is 0 Å². The number of nitrogens with one attached hydrogen (secondary N) is 1. The average Bonchev–Trinajstić information content (AvgIpc) is 2.26. The molecule has 0 radical (unpaired) electrons. The summed E-state index contributed by atoms with van der Waals surface area (Å²) in [5.41, 5.74) is 7.71. The van der Waals surface area contributed by atoms with Crippen LogP contribution in [0.4, 0.5) is 5.69 Å². The fourth-order valence-electron chi connectivity index (χ4n) is 1.38. The van der Waals surface area contributed by atoms with E-state index in [1.807, 2.05) is 25.1 Å². The molecular weight excluding hydrogens is 202 g/mol. The first-order chi connectivity index (χ1) is 7.67. The molecule has 1 aromatic carbocycles. The van der Waals surface area contributed by atoms with Crippen molar-refractivity contribution in [3.05, 3.63) is 23.8 Å². The van der Waals surface area contributed by atoms with Gasteiger partial charge in [0, 0.05) is 12.2 Å². The third kappa shape index (κ3) is 3.46. The number of nitrogens with two attached hydrogens (primary N) is 1. The molecular formula is C12H19N3O. The Labute approximate surface area is 96.5 Å². The Hall–Kier alpha value is -1.71. The SMILES string of the molecule is CCCN=C(N)Nc1ccc(OC)c(C)c1. The van der Waals surface area contributed by atoms with E-state index in [-0.39, 0.29) is 0 Å². The van der Waals surface area contributed by atoms with Gasteiger partial charge in [-0.2, -0.15) is 0 Å². The van der Waals surface area contributed by atoms with Crippen molar-refractivity contribution in [1.82, 2.24) is 0 Å². The Morgan fingerprint density at radius 3 is 2.81 bits per heavy atom. The first kappa shape index (κ1) is 12.4. The summed E-state index contributed by atoms with van der Waals surface area (Å²) in [5.74, 6) is 1.32. The molecule has 1 aromatic rings. The van der Waals surface area contributed by atoms with Crippen LogP contribution in [0.5, 0.6) is 5.75 Å². The number of ether oxygens (including phenoxy) is 1. The van der Waals surface area contributed by atoms with Gasteiger partial charge in [0.15, 0.2) is 5.96 Å². The molecule has 0 aliphatic carbocycles. The molecule has 88 valence electrons. The lowest BCUT2D eigenvalue weighted by molar-refractivity contribution is 0.412. The number of nitrogens with zero attached hydrogens (tertiary/aromatic N) is 1. The molecule has 0 atom stereocenters. The lowest BCUT2D eigenvalue weighted by Crippen LogP contribution is -2.22. The molecule has 1 rings (SSSR count). The van der Waals surface area contributed by atoms with Crippen LogP contribution >= 0.6 is 0 Å². The fraction of sp³-hybridized carbons (Fsp3) is 0.417. The highest BCUT2D eigenvalue weighted by molar-refractivity contribution is 5.92. The van der Waals surface area contributed by atoms with Crippen molar-refractivity contribution in [2.75, 3.05) is 19.0 Å². The number of methoxy groups -OCH3 is 1. The molecule has 0 amide bonds. The summed E-state index contributed by atoms with van der Waals surface area (Å²) in [4.78, 5) is 4.16. The van der Waals surface area contributed by atoms with Gasteiger partial charge in [0.05, 0.1) is 7.11 Å². The van der Waals surface area contributed by atoms with Crippen LogP contribution in [0.2, 0.25) is 0 Å². The van der Waals surface area contributed by atoms with E-state index in [9.17, 15) is 0 Å². The van der Waals surface area contributed by atoms with E-state index in [0.29, 0.717) is 5.96 Å². The summed E-state index contributed by atoms with van der Waals surface area (Å²) in [5, 5.41) is 3.04. The Balaban J connectivity index is 2.71. The maximum absolute atomic E-state index is 5.72. The third-order valence-corrected chi connectivity index (χ3v) is 2.17. The molecule has 4 heteroatoms. The molecule has 0 aliphatic rings. The third-order valence-electron chi connectivity index (χ3n) is 2.17. The number of rotatable bonds is 4. The molecule has 3 N–H and O–H groups in total. The maximum Gasteiger partial charge on any atom is 0.193 e. The van der Waals surface area contributed by atoms with Gasteiger partial charge in [-0.05, 0) is 37.1 Å². The highest BCUT2D eigenvalue weighted by Crippen LogP contribution is 2.21. The molecule has 0 aromatic heterocycles. The number of benzene rings is 1. The van der Waals surface area contributed by atoms with Crippen LogP contribution in [0.25, 0.3) is 0 Å². The zero-order valence-electron chi connectivity index (χ0n) is 10.1. The van der Waals surface area contributed by atoms with Gasteiger partial charge in [0.25, 0.3) is 0 Å². The standard InChI is InChI=1S/C12H19N3O/c1-4-7-14-12(13)15-10-5-6-11(16-3)9(2)8-10/h5-6,8H,4,7H2,1-3H3,(H3,13,14,15).